The number of halogens is 1. The Kier molecular flexibility index (Phi) is 3.97. The molecule has 84 valence electrons. The van der Waals surface area contributed by atoms with Gasteiger partial charge in [-0.05, 0) is 37.5 Å². The molecule has 0 aliphatic rings. The zero-order valence-electron chi connectivity index (χ0n) is 9.57. The molecule has 1 rings (SSSR count). The third-order valence-corrected chi connectivity index (χ3v) is 3.34. The Bertz CT molecular complexity index is 378. The predicted molar refractivity (Wildman–Crippen MR) is 63.2 cm³/mol. The summed E-state index contributed by atoms with van der Waals surface area (Å²) in [7, 11) is 1.66. The van der Waals surface area contributed by atoms with Crippen molar-refractivity contribution in [2.24, 2.45) is 5.84 Å². The van der Waals surface area contributed by atoms with E-state index in [0.717, 1.165) is 33.0 Å². The first-order valence-corrected chi connectivity index (χ1v) is 5.18. The van der Waals surface area contributed by atoms with E-state index >= 15 is 0 Å². The maximum atomic E-state index is 6.23. The van der Waals surface area contributed by atoms with E-state index in [1.807, 2.05) is 20.8 Å². The van der Waals surface area contributed by atoms with E-state index in [9.17, 15) is 0 Å². The second-order valence-corrected chi connectivity index (χ2v) is 3.96. The van der Waals surface area contributed by atoms with Gasteiger partial charge in [0, 0.05) is 17.1 Å². The fraction of sp³-hybridized carbons (Fsp3) is 0.455. The van der Waals surface area contributed by atoms with Gasteiger partial charge in [0.15, 0.2) is 0 Å². The van der Waals surface area contributed by atoms with E-state index in [1.165, 1.54) is 0 Å². The summed E-state index contributed by atoms with van der Waals surface area (Å²) >= 11 is 6.23. The molecule has 0 aromatic heterocycles. The number of ether oxygens (including phenoxy) is 1. The van der Waals surface area contributed by atoms with Crippen LogP contribution in [-0.2, 0) is 6.54 Å². The maximum absolute atomic E-state index is 6.23. The first-order valence-electron chi connectivity index (χ1n) is 4.80. The molecule has 0 aliphatic heterocycles. The Morgan fingerprint density at radius 2 is 1.80 bits per heavy atom. The van der Waals surface area contributed by atoms with Gasteiger partial charge in [0.2, 0.25) is 0 Å². The standard InChI is InChI=1S/C11H17ClN2O/c1-6-7(2)11(15-4)9(5-14-13)8(3)10(6)12/h14H,5,13H2,1-4H3. The van der Waals surface area contributed by atoms with Crippen LogP contribution in [0.15, 0.2) is 0 Å². The van der Waals surface area contributed by atoms with E-state index < -0.39 is 0 Å². The van der Waals surface area contributed by atoms with E-state index in [1.54, 1.807) is 7.11 Å². The molecule has 0 amide bonds. The van der Waals surface area contributed by atoms with Crippen molar-refractivity contribution in [3.8, 4) is 5.75 Å². The van der Waals surface area contributed by atoms with E-state index in [0.29, 0.717) is 6.54 Å². The Morgan fingerprint density at radius 1 is 1.20 bits per heavy atom. The van der Waals surface area contributed by atoms with Crippen LogP contribution in [0.3, 0.4) is 0 Å². The lowest BCUT2D eigenvalue weighted by molar-refractivity contribution is 0.404. The summed E-state index contributed by atoms with van der Waals surface area (Å²) in [6.45, 7) is 6.52. The van der Waals surface area contributed by atoms with Crippen LogP contribution in [-0.4, -0.2) is 7.11 Å². The number of hydrogen-bond donors (Lipinski definition) is 2. The smallest absolute Gasteiger partial charge is 0.126 e. The molecule has 0 heterocycles. The van der Waals surface area contributed by atoms with Gasteiger partial charge in [0.1, 0.15) is 5.75 Å². The van der Waals surface area contributed by atoms with Crippen molar-refractivity contribution in [1.82, 2.24) is 5.43 Å². The molecule has 0 saturated carbocycles. The van der Waals surface area contributed by atoms with Crippen molar-refractivity contribution in [2.75, 3.05) is 7.11 Å². The van der Waals surface area contributed by atoms with Crippen molar-refractivity contribution in [3.63, 3.8) is 0 Å². The number of methoxy groups -OCH3 is 1. The average molecular weight is 229 g/mol. The Labute approximate surface area is 95.5 Å². The number of nitrogens with one attached hydrogen (secondary N) is 1. The quantitative estimate of drug-likeness (QED) is 0.616. The first-order chi connectivity index (χ1) is 7.04. The molecule has 0 radical (unpaired) electrons. The minimum absolute atomic E-state index is 0.551. The highest BCUT2D eigenvalue weighted by atomic mass is 35.5. The number of hydrogen-bond acceptors (Lipinski definition) is 3. The summed E-state index contributed by atoms with van der Waals surface area (Å²) in [5.74, 6) is 6.21. The number of rotatable bonds is 3. The fourth-order valence-electron chi connectivity index (χ4n) is 1.74. The lowest BCUT2D eigenvalue weighted by Crippen LogP contribution is -2.22. The highest BCUT2D eigenvalue weighted by Gasteiger charge is 2.15. The van der Waals surface area contributed by atoms with Crippen LogP contribution in [0, 0.1) is 20.8 Å². The van der Waals surface area contributed by atoms with Crippen LogP contribution in [0.1, 0.15) is 22.3 Å². The molecule has 0 bridgehead atoms. The van der Waals surface area contributed by atoms with Gasteiger partial charge in [-0.3, -0.25) is 11.3 Å². The van der Waals surface area contributed by atoms with Crippen LogP contribution < -0.4 is 16.0 Å². The van der Waals surface area contributed by atoms with Crippen LogP contribution in [0.25, 0.3) is 0 Å². The normalized spacial score (nSPS) is 10.5. The maximum Gasteiger partial charge on any atom is 0.126 e. The lowest BCUT2D eigenvalue weighted by atomic mass is 9.99. The number of benzene rings is 1. The molecule has 3 nitrogen and oxygen atoms in total. The molecular formula is C11H17ClN2O. The minimum atomic E-state index is 0.551. The van der Waals surface area contributed by atoms with Gasteiger partial charge < -0.3 is 4.74 Å². The second kappa shape index (κ2) is 4.84. The first kappa shape index (κ1) is 12.3. The SMILES string of the molecule is COc1c(C)c(C)c(Cl)c(C)c1CNN. The van der Waals surface area contributed by atoms with Crippen molar-refractivity contribution in [2.45, 2.75) is 27.3 Å². The summed E-state index contributed by atoms with van der Waals surface area (Å²) in [4.78, 5) is 0. The van der Waals surface area contributed by atoms with Crippen LogP contribution >= 0.6 is 11.6 Å². The molecule has 0 unspecified atom stereocenters. The van der Waals surface area contributed by atoms with Crippen molar-refractivity contribution in [3.05, 3.63) is 27.3 Å². The summed E-state index contributed by atoms with van der Waals surface area (Å²) in [5.41, 5.74) is 6.81. The van der Waals surface area contributed by atoms with Crippen molar-refractivity contribution < 1.29 is 4.74 Å². The molecule has 15 heavy (non-hydrogen) atoms. The zero-order valence-corrected chi connectivity index (χ0v) is 10.3. The van der Waals surface area contributed by atoms with Gasteiger partial charge >= 0.3 is 0 Å². The molecule has 0 saturated heterocycles. The second-order valence-electron chi connectivity index (χ2n) is 3.58. The van der Waals surface area contributed by atoms with Gasteiger partial charge in [-0.1, -0.05) is 11.6 Å². The van der Waals surface area contributed by atoms with E-state index in [-0.39, 0.29) is 0 Å². The molecular weight excluding hydrogens is 212 g/mol. The van der Waals surface area contributed by atoms with Gasteiger partial charge in [0.25, 0.3) is 0 Å². The molecule has 3 N–H and O–H groups in total. The molecule has 1 aromatic rings. The third kappa shape index (κ3) is 2.09. The summed E-state index contributed by atoms with van der Waals surface area (Å²) in [6.07, 6.45) is 0. The van der Waals surface area contributed by atoms with Crippen LogP contribution in [0.2, 0.25) is 5.02 Å². The highest BCUT2D eigenvalue weighted by molar-refractivity contribution is 6.32. The van der Waals surface area contributed by atoms with Gasteiger partial charge in [-0.2, -0.15) is 0 Å². The summed E-state index contributed by atoms with van der Waals surface area (Å²) in [5, 5.41) is 0.790. The average Bonchev–Trinajstić information content (AvgIpc) is 2.24. The number of hydrazine groups is 1. The molecule has 0 fully saturated rings. The fourth-order valence-corrected chi connectivity index (χ4v) is 1.99. The minimum Gasteiger partial charge on any atom is -0.496 e. The van der Waals surface area contributed by atoms with Gasteiger partial charge in [-0.15, -0.1) is 0 Å². The van der Waals surface area contributed by atoms with E-state index in [4.69, 9.17) is 22.2 Å². The Balaban J connectivity index is 3.47. The zero-order chi connectivity index (χ0) is 11.6. The lowest BCUT2D eigenvalue weighted by Gasteiger charge is -2.18. The number of nitrogens with two attached hydrogens (primary N) is 1. The van der Waals surface area contributed by atoms with Crippen LogP contribution in [0.5, 0.6) is 5.75 Å². The molecule has 0 atom stereocenters. The molecule has 0 aliphatic carbocycles. The van der Waals surface area contributed by atoms with Crippen LogP contribution in [0.4, 0.5) is 0 Å². The molecule has 0 spiro atoms. The predicted octanol–water partition coefficient (Wildman–Crippen LogP) is 2.24. The largest absolute Gasteiger partial charge is 0.496 e. The van der Waals surface area contributed by atoms with Gasteiger partial charge in [0.05, 0.1) is 7.11 Å². The Morgan fingerprint density at radius 3 is 2.27 bits per heavy atom. The highest BCUT2D eigenvalue weighted by Crippen LogP contribution is 2.35. The summed E-state index contributed by atoms with van der Waals surface area (Å²) in [6, 6.07) is 0. The van der Waals surface area contributed by atoms with E-state index in [2.05, 4.69) is 5.43 Å². The Hall–Kier alpha value is -0.770. The van der Waals surface area contributed by atoms with Crippen molar-refractivity contribution >= 4 is 11.6 Å². The third-order valence-electron chi connectivity index (χ3n) is 2.77. The monoisotopic (exact) mass is 228 g/mol. The topological polar surface area (TPSA) is 47.3 Å². The summed E-state index contributed by atoms with van der Waals surface area (Å²) < 4.78 is 5.39. The van der Waals surface area contributed by atoms with Crippen molar-refractivity contribution in [1.29, 1.82) is 0 Å². The molecule has 1 aromatic carbocycles. The van der Waals surface area contributed by atoms with Gasteiger partial charge in [-0.25, -0.2) is 0 Å². The molecule has 4 heteroatoms.